The van der Waals surface area contributed by atoms with Crippen molar-refractivity contribution in [1.29, 1.82) is 0 Å². The second-order valence-electron chi connectivity index (χ2n) is 6.57. The molecule has 0 saturated carbocycles. The fraction of sp³-hybridized carbons (Fsp3) is 0.450. The molecule has 138 valence electrons. The molecule has 6 nitrogen and oxygen atoms in total. The van der Waals surface area contributed by atoms with Crippen LogP contribution in [0, 0.1) is 0 Å². The summed E-state index contributed by atoms with van der Waals surface area (Å²) < 4.78 is 0. The van der Waals surface area contributed by atoms with Gasteiger partial charge in [-0.05, 0) is 25.0 Å². The van der Waals surface area contributed by atoms with Crippen molar-refractivity contribution in [2.75, 3.05) is 23.7 Å². The number of nitrogens with zero attached hydrogens (tertiary/aromatic N) is 3. The molecule has 0 fully saturated rings. The highest BCUT2D eigenvalue weighted by molar-refractivity contribution is 5.98. The van der Waals surface area contributed by atoms with Crippen LogP contribution in [0.25, 0.3) is 0 Å². The van der Waals surface area contributed by atoms with Gasteiger partial charge in [0.15, 0.2) is 0 Å². The third kappa shape index (κ3) is 4.12. The summed E-state index contributed by atoms with van der Waals surface area (Å²) in [7, 11) is 0. The average Bonchev–Trinajstić information content (AvgIpc) is 2.97. The van der Waals surface area contributed by atoms with Gasteiger partial charge in [-0.2, -0.15) is 4.98 Å². The predicted molar refractivity (Wildman–Crippen MR) is 105 cm³/mol. The second kappa shape index (κ2) is 8.65. The minimum atomic E-state index is 0.00510. The number of amides is 1. The van der Waals surface area contributed by atoms with Crippen LogP contribution in [0.1, 0.15) is 55.6 Å². The highest BCUT2D eigenvalue weighted by Gasteiger charge is 2.32. The van der Waals surface area contributed by atoms with Crippen molar-refractivity contribution in [2.45, 2.75) is 46.1 Å². The number of hydrogen-bond donors (Lipinski definition) is 2. The van der Waals surface area contributed by atoms with E-state index >= 15 is 0 Å². The van der Waals surface area contributed by atoms with Gasteiger partial charge in [0, 0.05) is 24.3 Å². The third-order valence-electron chi connectivity index (χ3n) is 4.48. The number of nitrogens with one attached hydrogen (secondary N) is 2. The van der Waals surface area contributed by atoms with Crippen LogP contribution in [0.4, 0.5) is 17.5 Å². The fourth-order valence-electron chi connectivity index (χ4n) is 2.97. The topological polar surface area (TPSA) is 70.1 Å². The molecule has 2 heterocycles. The molecule has 1 aliphatic rings. The van der Waals surface area contributed by atoms with Crippen molar-refractivity contribution in [2.24, 2.45) is 0 Å². The molecule has 1 amide bonds. The second-order valence-corrected chi connectivity index (χ2v) is 6.57. The molecule has 1 aromatic carbocycles. The van der Waals surface area contributed by atoms with E-state index in [-0.39, 0.29) is 5.91 Å². The number of para-hydroxylation sites is 1. The number of rotatable bonds is 9. The van der Waals surface area contributed by atoms with Gasteiger partial charge in [0.05, 0.1) is 6.54 Å². The summed E-state index contributed by atoms with van der Waals surface area (Å²) in [5, 5.41) is 6.61. The van der Waals surface area contributed by atoms with Crippen molar-refractivity contribution in [3.8, 4) is 0 Å². The maximum atomic E-state index is 12.8. The minimum absolute atomic E-state index is 0.00510. The van der Waals surface area contributed by atoms with Crippen LogP contribution >= 0.6 is 0 Å². The van der Waals surface area contributed by atoms with E-state index in [0.29, 0.717) is 24.0 Å². The monoisotopic (exact) mass is 353 g/mol. The summed E-state index contributed by atoms with van der Waals surface area (Å²) in [5.74, 6) is 1.24. The summed E-state index contributed by atoms with van der Waals surface area (Å²) in [6, 6.07) is 9.91. The largest absolute Gasteiger partial charge is 0.354 e. The van der Waals surface area contributed by atoms with E-state index in [2.05, 4.69) is 34.4 Å². The Kier molecular flexibility index (Phi) is 6.04. The van der Waals surface area contributed by atoms with Gasteiger partial charge in [0.1, 0.15) is 11.5 Å². The van der Waals surface area contributed by atoms with Gasteiger partial charge in [-0.3, -0.25) is 4.79 Å². The van der Waals surface area contributed by atoms with E-state index < -0.39 is 0 Å². The summed E-state index contributed by atoms with van der Waals surface area (Å²) in [6.07, 6.45) is 4.19. The zero-order valence-electron chi connectivity index (χ0n) is 15.6. The average molecular weight is 353 g/mol. The molecule has 26 heavy (non-hydrogen) atoms. The summed E-state index contributed by atoms with van der Waals surface area (Å²) in [4.78, 5) is 23.8. The predicted octanol–water partition coefficient (Wildman–Crippen LogP) is 4.19. The van der Waals surface area contributed by atoms with Gasteiger partial charge in [-0.25, -0.2) is 4.98 Å². The maximum absolute atomic E-state index is 12.8. The Morgan fingerprint density at radius 3 is 2.58 bits per heavy atom. The first-order valence-corrected chi connectivity index (χ1v) is 9.49. The number of anilines is 3. The molecule has 0 atom stereocenters. The van der Waals surface area contributed by atoms with E-state index in [0.717, 1.165) is 50.0 Å². The minimum Gasteiger partial charge on any atom is -0.354 e. The van der Waals surface area contributed by atoms with E-state index in [1.165, 1.54) is 0 Å². The molecular weight excluding hydrogens is 326 g/mol. The Balaban J connectivity index is 1.89. The standard InChI is InChI=1S/C20H27N5O/c1-3-5-12-21-20-23-17-16(14-25(19(17)26)13-6-4-2)18(24-20)22-15-10-8-7-9-11-15/h7-11H,3-6,12-14H2,1-2H3,(H2,21,22,23,24). The van der Waals surface area contributed by atoms with Gasteiger partial charge >= 0.3 is 0 Å². The lowest BCUT2D eigenvalue weighted by atomic mass is 10.2. The number of aromatic nitrogens is 2. The normalized spacial score (nSPS) is 13.0. The third-order valence-corrected chi connectivity index (χ3v) is 4.48. The Hall–Kier alpha value is -2.63. The van der Waals surface area contributed by atoms with Crippen LogP contribution < -0.4 is 10.6 Å². The van der Waals surface area contributed by atoms with Gasteiger partial charge in [0.2, 0.25) is 5.95 Å². The molecule has 0 unspecified atom stereocenters. The van der Waals surface area contributed by atoms with Crippen molar-refractivity contribution in [3.05, 3.63) is 41.6 Å². The van der Waals surface area contributed by atoms with Crippen LogP contribution in [0.3, 0.4) is 0 Å². The SMILES string of the molecule is CCCCNc1nc(Nc2ccccc2)c2c(n1)C(=O)N(CCCC)C2. The van der Waals surface area contributed by atoms with Gasteiger partial charge in [-0.15, -0.1) is 0 Å². The highest BCUT2D eigenvalue weighted by Crippen LogP contribution is 2.30. The molecule has 0 saturated heterocycles. The van der Waals surface area contributed by atoms with Crippen molar-refractivity contribution >= 4 is 23.4 Å². The molecule has 3 rings (SSSR count). The molecule has 0 aliphatic carbocycles. The molecule has 2 aromatic rings. The fourth-order valence-corrected chi connectivity index (χ4v) is 2.97. The first kappa shape index (κ1) is 18.2. The lowest BCUT2D eigenvalue weighted by molar-refractivity contribution is 0.0772. The Morgan fingerprint density at radius 1 is 1.08 bits per heavy atom. The van der Waals surface area contributed by atoms with E-state index in [4.69, 9.17) is 0 Å². The number of carbonyl (C=O) groups is 1. The first-order chi connectivity index (χ1) is 12.7. The van der Waals surface area contributed by atoms with Crippen molar-refractivity contribution < 1.29 is 4.79 Å². The van der Waals surface area contributed by atoms with Crippen LogP contribution in [0.15, 0.2) is 30.3 Å². The Labute approximate surface area is 155 Å². The molecule has 6 heteroatoms. The van der Waals surface area contributed by atoms with Crippen molar-refractivity contribution in [3.63, 3.8) is 0 Å². The molecule has 0 bridgehead atoms. The van der Waals surface area contributed by atoms with Crippen LogP contribution in [-0.2, 0) is 6.54 Å². The molecule has 2 N–H and O–H groups in total. The highest BCUT2D eigenvalue weighted by atomic mass is 16.2. The van der Waals surface area contributed by atoms with Crippen LogP contribution in [0.5, 0.6) is 0 Å². The zero-order valence-corrected chi connectivity index (χ0v) is 15.6. The quantitative estimate of drug-likeness (QED) is 0.662. The molecule has 0 radical (unpaired) electrons. The number of benzene rings is 1. The molecular formula is C20H27N5O. The molecule has 1 aliphatic heterocycles. The molecule has 0 spiro atoms. The smallest absolute Gasteiger partial charge is 0.273 e. The Bertz CT molecular complexity index is 747. The number of carbonyl (C=O) groups excluding carboxylic acids is 1. The number of hydrogen-bond acceptors (Lipinski definition) is 5. The van der Waals surface area contributed by atoms with Crippen molar-refractivity contribution in [1.82, 2.24) is 14.9 Å². The lowest BCUT2D eigenvalue weighted by Crippen LogP contribution is -2.25. The van der Waals surface area contributed by atoms with E-state index in [1.807, 2.05) is 35.2 Å². The van der Waals surface area contributed by atoms with Gasteiger partial charge in [0.25, 0.3) is 5.91 Å². The maximum Gasteiger partial charge on any atom is 0.273 e. The van der Waals surface area contributed by atoms with Crippen LogP contribution in [0.2, 0.25) is 0 Å². The Morgan fingerprint density at radius 2 is 1.85 bits per heavy atom. The summed E-state index contributed by atoms with van der Waals surface area (Å²) in [6.45, 7) is 6.40. The number of unbranched alkanes of at least 4 members (excludes halogenated alkanes) is 2. The number of fused-ring (bicyclic) bond motifs is 1. The van der Waals surface area contributed by atoms with E-state index in [1.54, 1.807) is 0 Å². The first-order valence-electron chi connectivity index (χ1n) is 9.49. The zero-order chi connectivity index (χ0) is 18.4. The summed E-state index contributed by atoms with van der Waals surface area (Å²) in [5.41, 5.74) is 2.36. The van der Waals surface area contributed by atoms with E-state index in [9.17, 15) is 4.79 Å². The van der Waals surface area contributed by atoms with Gasteiger partial charge in [-0.1, -0.05) is 44.9 Å². The van der Waals surface area contributed by atoms with Crippen LogP contribution in [-0.4, -0.2) is 33.9 Å². The van der Waals surface area contributed by atoms with Gasteiger partial charge < -0.3 is 15.5 Å². The molecule has 1 aromatic heterocycles. The summed E-state index contributed by atoms with van der Waals surface area (Å²) >= 11 is 0. The lowest BCUT2D eigenvalue weighted by Gasteiger charge is -2.14.